The smallest absolute Gasteiger partial charge is 0.254 e. The Balaban J connectivity index is 1.51. The van der Waals surface area contributed by atoms with E-state index in [1.54, 1.807) is 0 Å². The number of likely N-dealkylation sites (tertiary alicyclic amines) is 1. The van der Waals surface area contributed by atoms with Crippen LogP contribution >= 0.6 is 0 Å². The Bertz CT molecular complexity index is 943. The van der Waals surface area contributed by atoms with Crippen LogP contribution in [-0.4, -0.2) is 29.6 Å². The van der Waals surface area contributed by atoms with Crippen LogP contribution in [0.4, 0.5) is 5.69 Å². The van der Waals surface area contributed by atoms with Gasteiger partial charge in [-0.1, -0.05) is 44.2 Å². The zero-order valence-electron chi connectivity index (χ0n) is 16.1. The number of hydrogen-bond acceptors (Lipinski definition) is 2. The van der Waals surface area contributed by atoms with E-state index in [0.717, 1.165) is 37.1 Å². The zero-order chi connectivity index (χ0) is 18.6. The van der Waals surface area contributed by atoms with Gasteiger partial charge in [0.15, 0.2) is 0 Å². The minimum atomic E-state index is 0.0931. The summed E-state index contributed by atoms with van der Waals surface area (Å²) >= 11 is 0. The highest BCUT2D eigenvalue weighted by Crippen LogP contribution is 2.48. The van der Waals surface area contributed by atoms with Gasteiger partial charge in [-0.05, 0) is 53.5 Å². The molecule has 3 aliphatic rings. The number of fused-ring (bicyclic) bond motifs is 4. The van der Waals surface area contributed by atoms with Crippen molar-refractivity contribution in [2.45, 2.75) is 56.9 Å². The van der Waals surface area contributed by atoms with Gasteiger partial charge in [0.2, 0.25) is 0 Å². The first kappa shape index (κ1) is 16.7. The minimum absolute atomic E-state index is 0.0931. The number of aliphatic imine (C=N–C) groups is 1. The second-order valence-corrected chi connectivity index (χ2v) is 8.85. The first-order valence-corrected chi connectivity index (χ1v) is 10.1. The van der Waals surface area contributed by atoms with Crippen molar-refractivity contribution >= 4 is 17.8 Å². The molecule has 138 valence electrons. The fourth-order valence-corrected chi connectivity index (χ4v) is 5.39. The van der Waals surface area contributed by atoms with Gasteiger partial charge in [-0.3, -0.25) is 9.79 Å². The Hall–Kier alpha value is -2.42. The van der Waals surface area contributed by atoms with Crippen molar-refractivity contribution in [1.29, 1.82) is 0 Å². The molecule has 1 unspecified atom stereocenters. The molecule has 0 bridgehead atoms. The van der Waals surface area contributed by atoms with Gasteiger partial charge in [-0.2, -0.15) is 0 Å². The summed E-state index contributed by atoms with van der Waals surface area (Å²) in [4.78, 5) is 20.0. The van der Waals surface area contributed by atoms with E-state index in [0.29, 0.717) is 5.92 Å². The molecule has 0 N–H and O–H groups in total. The third kappa shape index (κ3) is 2.63. The summed E-state index contributed by atoms with van der Waals surface area (Å²) in [6.45, 7) is 5.51. The second-order valence-electron chi connectivity index (χ2n) is 8.85. The topological polar surface area (TPSA) is 32.7 Å². The molecule has 1 aliphatic carbocycles. The van der Waals surface area contributed by atoms with Gasteiger partial charge in [-0.15, -0.1) is 0 Å². The molecule has 27 heavy (non-hydrogen) atoms. The molecule has 0 radical (unpaired) electrons. The maximum Gasteiger partial charge on any atom is 0.254 e. The van der Waals surface area contributed by atoms with Crippen LogP contribution in [0.3, 0.4) is 0 Å². The molecule has 2 aliphatic heterocycles. The van der Waals surface area contributed by atoms with E-state index in [1.165, 1.54) is 23.1 Å². The minimum Gasteiger partial charge on any atom is -0.335 e. The van der Waals surface area contributed by atoms with Crippen molar-refractivity contribution in [3.8, 4) is 0 Å². The van der Waals surface area contributed by atoms with Crippen LogP contribution in [-0.2, 0) is 11.8 Å². The van der Waals surface area contributed by atoms with Crippen LogP contribution in [0, 0.1) is 0 Å². The van der Waals surface area contributed by atoms with E-state index in [-0.39, 0.29) is 17.4 Å². The molecule has 2 atom stereocenters. The molecule has 5 rings (SSSR count). The summed E-state index contributed by atoms with van der Waals surface area (Å²) in [5.74, 6) is 0.629. The SMILES string of the molecule is CC1(C)C[C@H]2C(CCCN2C(=O)c2ccc3c(c2)N=CC3)c2ccccc21. The van der Waals surface area contributed by atoms with Gasteiger partial charge in [0, 0.05) is 36.7 Å². The first-order valence-electron chi connectivity index (χ1n) is 10.1. The van der Waals surface area contributed by atoms with Gasteiger partial charge in [0.05, 0.1) is 5.69 Å². The normalized spacial score (nSPS) is 24.9. The molecule has 1 fully saturated rings. The van der Waals surface area contributed by atoms with Crippen molar-refractivity contribution in [3.05, 3.63) is 64.7 Å². The summed E-state index contributed by atoms with van der Waals surface area (Å²) in [5.41, 5.74) is 5.97. The molecule has 0 saturated carbocycles. The molecule has 1 amide bonds. The van der Waals surface area contributed by atoms with Crippen molar-refractivity contribution in [1.82, 2.24) is 4.90 Å². The lowest BCUT2D eigenvalue weighted by atomic mass is 9.64. The van der Waals surface area contributed by atoms with Gasteiger partial charge in [0.1, 0.15) is 0 Å². The summed E-state index contributed by atoms with van der Waals surface area (Å²) in [6.07, 6.45) is 6.09. The van der Waals surface area contributed by atoms with E-state index in [4.69, 9.17) is 0 Å². The summed E-state index contributed by atoms with van der Waals surface area (Å²) in [5, 5.41) is 0. The Morgan fingerprint density at radius 1 is 1.19 bits per heavy atom. The van der Waals surface area contributed by atoms with Crippen molar-refractivity contribution < 1.29 is 4.79 Å². The fourth-order valence-electron chi connectivity index (χ4n) is 5.39. The zero-order valence-corrected chi connectivity index (χ0v) is 16.1. The fraction of sp³-hybridized carbons (Fsp3) is 0.417. The molecule has 0 spiro atoms. The highest BCUT2D eigenvalue weighted by Gasteiger charge is 2.44. The summed E-state index contributed by atoms with van der Waals surface area (Å²) in [7, 11) is 0. The third-order valence-electron chi connectivity index (χ3n) is 6.72. The molecule has 1 saturated heterocycles. The third-order valence-corrected chi connectivity index (χ3v) is 6.72. The lowest BCUT2D eigenvalue weighted by Gasteiger charge is -2.50. The predicted molar refractivity (Wildman–Crippen MR) is 109 cm³/mol. The Morgan fingerprint density at radius 3 is 2.93 bits per heavy atom. The molecule has 2 heterocycles. The van der Waals surface area contributed by atoms with Crippen LogP contribution < -0.4 is 0 Å². The van der Waals surface area contributed by atoms with E-state index in [9.17, 15) is 4.79 Å². The van der Waals surface area contributed by atoms with Crippen molar-refractivity contribution in [3.63, 3.8) is 0 Å². The van der Waals surface area contributed by atoms with Crippen molar-refractivity contribution in [2.24, 2.45) is 4.99 Å². The van der Waals surface area contributed by atoms with Crippen LogP contribution in [0.25, 0.3) is 0 Å². The Morgan fingerprint density at radius 2 is 2.04 bits per heavy atom. The number of amides is 1. The standard InChI is InChI=1S/C24H26N2O/c1-24(2)15-22-19(18-6-3-4-8-20(18)24)7-5-13-26(22)23(27)17-10-9-16-11-12-25-21(16)14-17/h3-4,6,8-10,12,14,19,22H,5,7,11,13,15H2,1-2H3/t19?,22-/m0/s1. The lowest BCUT2D eigenvalue weighted by Crippen LogP contribution is -2.52. The highest BCUT2D eigenvalue weighted by atomic mass is 16.2. The van der Waals surface area contributed by atoms with Gasteiger partial charge in [-0.25, -0.2) is 0 Å². The average Bonchev–Trinajstić information content (AvgIpc) is 3.15. The van der Waals surface area contributed by atoms with Crippen LogP contribution in [0.15, 0.2) is 47.5 Å². The van der Waals surface area contributed by atoms with E-state index in [2.05, 4.69) is 54.1 Å². The van der Waals surface area contributed by atoms with Crippen LogP contribution in [0.5, 0.6) is 0 Å². The van der Waals surface area contributed by atoms with Crippen molar-refractivity contribution in [2.75, 3.05) is 6.54 Å². The molecule has 2 aromatic carbocycles. The van der Waals surface area contributed by atoms with Gasteiger partial charge >= 0.3 is 0 Å². The quantitative estimate of drug-likeness (QED) is 0.705. The van der Waals surface area contributed by atoms with Gasteiger partial charge in [0.25, 0.3) is 5.91 Å². The predicted octanol–water partition coefficient (Wildman–Crippen LogP) is 5.01. The molecule has 0 aromatic heterocycles. The van der Waals surface area contributed by atoms with Crippen LogP contribution in [0.1, 0.15) is 66.1 Å². The monoisotopic (exact) mass is 358 g/mol. The number of carbonyl (C=O) groups is 1. The Labute approximate surface area is 161 Å². The number of rotatable bonds is 1. The van der Waals surface area contributed by atoms with E-state index >= 15 is 0 Å². The second kappa shape index (κ2) is 6.05. The maximum atomic E-state index is 13.5. The summed E-state index contributed by atoms with van der Waals surface area (Å²) < 4.78 is 0. The summed E-state index contributed by atoms with van der Waals surface area (Å²) in [6, 6.07) is 15.2. The number of benzene rings is 2. The number of piperidine rings is 1. The van der Waals surface area contributed by atoms with Gasteiger partial charge < -0.3 is 4.90 Å². The first-order chi connectivity index (χ1) is 13.0. The maximum absolute atomic E-state index is 13.5. The Kier molecular flexibility index (Phi) is 3.75. The lowest BCUT2D eigenvalue weighted by molar-refractivity contribution is 0.0497. The van der Waals surface area contributed by atoms with Crippen LogP contribution in [0.2, 0.25) is 0 Å². The van der Waals surface area contributed by atoms with E-state index in [1.807, 2.05) is 18.3 Å². The molecule has 3 heteroatoms. The number of nitrogens with zero attached hydrogens (tertiary/aromatic N) is 2. The largest absolute Gasteiger partial charge is 0.335 e. The molecule has 2 aromatic rings. The number of hydrogen-bond donors (Lipinski definition) is 0. The molecular weight excluding hydrogens is 332 g/mol. The van der Waals surface area contributed by atoms with E-state index < -0.39 is 0 Å². The number of carbonyl (C=O) groups excluding carboxylic acids is 1. The molecule has 3 nitrogen and oxygen atoms in total. The molecular formula is C24H26N2O. The highest BCUT2D eigenvalue weighted by molar-refractivity contribution is 5.96. The average molecular weight is 358 g/mol.